The number of hydrogen-bond donors (Lipinski definition) is 0. The van der Waals surface area contributed by atoms with E-state index in [1.54, 1.807) is 18.2 Å². The summed E-state index contributed by atoms with van der Waals surface area (Å²) in [5.41, 5.74) is 0.868. The number of benzene rings is 1. The van der Waals surface area contributed by atoms with Crippen molar-refractivity contribution < 1.29 is 9.66 Å². The Morgan fingerprint density at radius 1 is 1.41 bits per heavy atom. The molecule has 0 bridgehead atoms. The fraction of sp³-hybridized carbons (Fsp3) is 0.385. The molecule has 0 N–H and O–H groups in total. The smallest absolute Gasteiger partial charge is 0.311 e. The second-order valence-corrected chi connectivity index (χ2v) is 4.18. The largest absolute Gasteiger partial charge is 0.484 e. The molecule has 1 atom stereocenters. The van der Waals surface area contributed by atoms with E-state index in [0.717, 1.165) is 5.56 Å². The molecule has 1 unspecified atom stereocenters. The van der Waals surface area contributed by atoms with Crippen LogP contribution in [-0.4, -0.2) is 11.0 Å². The fourth-order valence-corrected chi connectivity index (χ4v) is 1.45. The second kappa shape index (κ2) is 5.48. The molecular formula is C13H17NO3. The highest BCUT2D eigenvalue weighted by molar-refractivity contribution is 5.50. The third-order valence-corrected chi connectivity index (χ3v) is 2.42. The first-order valence-corrected chi connectivity index (χ1v) is 5.53. The van der Waals surface area contributed by atoms with Crippen LogP contribution in [0.1, 0.15) is 32.3 Å². The fourth-order valence-electron chi connectivity index (χ4n) is 1.45. The van der Waals surface area contributed by atoms with Crippen LogP contribution in [-0.2, 0) is 0 Å². The Morgan fingerprint density at radius 2 is 2.06 bits per heavy atom. The van der Waals surface area contributed by atoms with Gasteiger partial charge in [0.25, 0.3) is 0 Å². The van der Waals surface area contributed by atoms with Crippen LogP contribution in [0.5, 0.6) is 5.75 Å². The normalized spacial score (nSPS) is 12.2. The maximum atomic E-state index is 11.0. The summed E-state index contributed by atoms with van der Waals surface area (Å²) in [5, 5.41) is 11.0. The molecule has 0 aliphatic rings. The number of allylic oxidation sites excluding steroid dienone is 1. The van der Waals surface area contributed by atoms with Gasteiger partial charge in [-0.15, -0.1) is 6.58 Å². The zero-order chi connectivity index (χ0) is 13.0. The molecular weight excluding hydrogens is 218 g/mol. The van der Waals surface area contributed by atoms with Crippen LogP contribution in [0.15, 0.2) is 30.9 Å². The van der Waals surface area contributed by atoms with Crippen molar-refractivity contribution in [3.05, 3.63) is 46.5 Å². The van der Waals surface area contributed by atoms with Gasteiger partial charge in [-0.05, 0) is 31.4 Å². The number of nitro groups is 1. The first kappa shape index (κ1) is 13.2. The number of nitro benzene ring substituents is 1. The molecule has 0 aliphatic carbocycles. The number of ether oxygens (including phenoxy) is 1. The summed E-state index contributed by atoms with van der Waals surface area (Å²) in [6, 6.07) is 5.02. The Bertz CT molecular complexity index is 427. The van der Waals surface area contributed by atoms with Crippen molar-refractivity contribution in [2.45, 2.75) is 32.8 Å². The molecule has 17 heavy (non-hydrogen) atoms. The molecule has 92 valence electrons. The molecule has 0 aromatic heterocycles. The van der Waals surface area contributed by atoms with Crippen molar-refractivity contribution in [3.8, 4) is 5.75 Å². The van der Waals surface area contributed by atoms with E-state index in [4.69, 9.17) is 4.74 Å². The zero-order valence-corrected chi connectivity index (χ0v) is 10.3. The van der Waals surface area contributed by atoms with Gasteiger partial charge in [-0.1, -0.05) is 19.1 Å². The van der Waals surface area contributed by atoms with Gasteiger partial charge < -0.3 is 4.74 Å². The molecule has 4 nitrogen and oxygen atoms in total. The van der Waals surface area contributed by atoms with Crippen molar-refractivity contribution in [2.24, 2.45) is 0 Å². The standard InChI is InChI=1S/C13H17NO3/c1-5-10(4)11-6-7-13(17-9(2)3)12(8-11)14(15)16/h5-10H,1H2,2-4H3. The van der Waals surface area contributed by atoms with Crippen LogP contribution < -0.4 is 4.74 Å². The van der Waals surface area contributed by atoms with Crippen molar-refractivity contribution in [1.29, 1.82) is 0 Å². The molecule has 0 heterocycles. The summed E-state index contributed by atoms with van der Waals surface area (Å²) < 4.78 is 5.41. The van der Waals surface area contributed by atoms with Crippen LogP contribution in [0.3, 0.4) is 0 Å². The number of nitrogens with zero attached hydrogens (tertiary/aromatic N) is 1. The highest BCUT2D eigenvalue weighted by Gasteiger charge is 2.18. The molecule has 0 saturated carbocycles. The molecule has 1 aromatic rings. The van der Waals surface area contributed by atoms with Gasteiger partial charge in [-0.25, -0.2) is 0 Å². The van der Waals surface area contributed by atoms with Gasteiger partial charge in [-0.3, -0.25) is 10.1 Å². The summed E-state index contributed by atoms with van der Waals surface area (Å²) >= 11 is 0. The maximum absolute atomic E-state index is 11.0. The van der Waals surface area contributed by atoms with Gasteiger partial charge >= 0.3 is 5.69 Å². The zero-order valence-electron chi connectivity index (χ0n) is 10.3. The molecule has 4 heteroatoms. The van der Waals surface area contributed by atoms with Crippen molar-refractivity contribution in [3.63, 3.8) is 0 Å². The van der Waals surface area contributed by atoms with Crippen LogP contribution in [0.2, 0.25) is 0 Å². The van der Waals surface area contributed by atoms with Crippen molar-refractivity contribution in [1.82, 2.24) is 0 Å². The summed E-state index contributed by atoms with van der Waals surface area (Å²) in [7, 11) is 0. The number of hydrogen-bond acceptors (Lipinski definition) is 3. The molecule has 0 fully saturated rings. The predicted octanol–water partition coefficient (Wildman–Crippen LogP) is 3.67. The monoisotopic (exact) mass is 235 g/mol. The van der Waals surface area contributed by atoms with E-state index in [1.807, 2.05) is 26.8 Å². The molecule has 1 aromatic carbocycles. The summed E-state index contributed by atoms with van der Waals surface area (Å²) in [5.74, 6) is 0.395. The highest BCUT2D eigenvalue weighted by Crippen LogP contribution is 2.31. The lowest BCUT2D eigenvalue weighted by atomic mass is 10.0. The van der Waals surface area contributed by atoms with E-state index >= 15 is 0 Å². The Morgan fingerprint density at radius 3 is 2.53 bits per heavy atom. The maximum Gasteiger partial charge on any atom is 0.311 e. The highest BCUT2D eigenvalue weighted by atomic mass is 16.6. The second-order valence-electron chi connectivity index (χ2n) is 4.18. The third-order valence-electron chi connectivity index (χ3n) is 2.42. The molecule has 1 rings (SSSR count). The topological polar surface area (TPSA) is 52.4 Å². The minimum absolute atomic E-state index is 0.00454. The minimum atomic E-state index is -0.420. The SMILES string of the molecule is C=CC(C)c1ccc(OC(C)C)c([N+](=O)[O-])c1. The van der Waals surface area contributed by atoms with Crippen LogP contribution in [0, 0.1) is 10.1 Å². The van der Waals surface area contributed by atoms with E-state index in [2.05, 4.69) is 6.58 Å². The molecule has 0 radical (unpaired) electrons. The summed E-state index contributed by atoms with van der Waals surface area (Å²) in [6.45, 7) is 9.30. The average molecular weight is 235 g/mol. The first-order chi connectivity index (χ1) is 7.95. The Kier molecular flexibility index (Phi) is 4.26. The molecule has 0 amide bonds. The Labute approximate surface area is 101 Å². The van der Waals surface area contributed by atoms with Gasteiger partial charge in [0.15, 0.2) is 5.75 Å². The quantitative estimate of drug-likeness (QED) is 0.444. The van der Waals surface area contributed by atoms with Gasteiger partial charge in [0.2, 0.25) is 0 Å². The summed E-state index contributed by atoms with van der Waals surface area (Å²) in [4.78, 5) is 10.5. The van der Waals surface area contributed by atoms with Gasteiger partial charge in [0, 0.05) is 6.07 Å². The third kappa shape index (κ3) is 3.31. The van der Waals surface area contributed by atoms with Crippen molar-refractivity contribution in [2.75, 3.05) is 0 Å². The van der Waals surface area contributed by atoms with Gasteiger partial charge in [-0.2, -0.15) is 0 Å². The molecule has 0 saturated heterocycles. The molecule has 0 spiro atoms. The van der Waals surface area contributed by atoms with Gasteiger partial charge in [0.1, 0.15) is 0 Å². The van der Waals surface area contributed by atoms with E-state index in [1.165, 1.54) is 0 Å². The average Bonchev–Trinajstić information content (AvgIpc) is 2.27. The van der Waals surface area contributed by atoms with E-state index in [-0.39, 0.29) is 17.7 Å². The van der Waals surface area contributed by atoms with Crippen molar-refractivity contribution >= 4 is 5.69 Å². The van der Waals surface area contributed by atoms with E-state index in [0.29, 0.717) is 5.75 Å². The predicted molar refractivity (Wildman–Crippen MR) is 67.5 cm³/mol. The number of rotatable bonds is 5. The minimum Gasteiger partial charge on any atom is -0.484 e. The lowest BCUT2D eigenvalue weighted by Gasteiger charge is -2.12. The lowest BCUT2D eigenvalue weighted by Crippen LogP contribution is -2.07. The lowest BCUT2D eigenvalue weighted by molar-refractivity contribution is -0.386. The summed E-state index contributed by atoms with van der Waals surface area (Å²) in [6.07, 6.45) is 1.67. The van der Waals surface area contributed by atoms with Gasteiger partial charge in [0.05, 0.1) is 11.0 Å². The van der Waals surface area contributed by atoms with Crippen LogP contribution in [0.25, 0.3) is 0 Å². The Balaban J connectivity index is 3.17. The Hall–Kier alpha value is -1.84. The first-order valence-electron chi connectivity index (χ1n) is 5.53. The molecule has 0 aliphatic heterocycles. The van der Waals surface area contributed by atoms with Crippen LogP contribution in [0.4, 0.5) is 5.69 Å². The van der Waals surface area contributed by atoms with E-state index < -0.39 is 4.92 Å². The van der Waals surface area contributed by atoms with Crippen LogP contribution >= 0.6 is 0 Å². The van der Waals surface area contributed by atoms with E-state index in [9.17, 15) is 10.1 Å².